The second-order valence-corrected chi connectivity index (χ2v) is 5.32. The first kappa shape index (κ1) is 12.1. The van der Waals surface area contributed by atoms with Crippen molar-refractivity contribution in [3.63, 3.8) is 0 Å². The van der Waals surface area contributed by atoms with E-state index >= 15 is 0 Å². The molecule has 0 aromatic rings. The molecular formula is C13H23NO2. The molecule has 1 aliphatic carbocycles. The van der Waals surface area contributed by atoms with Crippen LogP contribution in [0.25, 0.3) is 0 Å². The lowest BCUT2D eigenvalue weighted by atomic mass is 9.67. The van der Waals surface area contributed by atoms with Crippen LogP contribution in [0.5, 0.6) is 0 Å². The summed E-state index contributed by atoms with van der Waals surface area (Å²) in [6, 6.07) is 0. The molecule has 0 aromatic heterocycles. The maximum atomic E-state index is 12.5. The number of hydrogen-bond acceptors (Lipinski definition) is 3. The molecule has 0 aromatic carbocycles. The summed E-state index contributed by atoms with van der Waals surface area (Å²) in [6.07, 6.45) is 7.61. The van der Waals surface area contributed by atoms with Crippen LogP contribution in [0.4, 0.5) is 0 Å². The molecule has 1 unspecified atom stereocenters. The fourth-order valence-electron chi connectivity index (χ4n) is 3.16. The molecule has 3 heteroatoms. The highest BCUT2D eigenvalue weighted by atomic mass is 16.5. The number of hydrogen-bond donors (Lipinski definition) is 1. The maximum Gasteiger partial charge on any atom is 0.145 e. The smallest absolute Gasteiger partial charge is 0.145 e. The van der Waals surface area contributed by atoms with E-state index in [1.807, 2.05) is 0 Å². The third-order valence-corrected chi connectivity index (χ3v) is 4.26. The molecule has 1 heterocycles. The van der Waals surface area contributed by atoms with Crippen LogP contribution in [0.1, 0.15) is 44.9 Å². The Morgan fingerprint density at radius 1 is 1.25 bits per heavy atom. The normalized spacial score (nSPS) is 29.9. The molecule has 0 bridgehead atoms. The van der Waals surface area contributed by atoms with Gasteiger partial charge >= 0.3 is 0 Å². The standard InChI is InChI=1S/C13H23NO2/c14-10-13(6-2-1-3-7-13)12(15)11-5-4-8-16-9-11/h11H,1-10,14H2. The number of ether oxygens (including phenoxy) is 1. The van der Waals surface area contributed by atoms with E-state index in [0.717, 1.165) is 45.1 Å². The average molecular weight is 225 g/mol. The highest BCUT2D eigenvalue weighted by Crippen LogP contribution is 2.39. The summed E-state index contributed by atoms with van der Waals surface area (Å²) >= 11 is 0. The zero-order chi connectivity index (χ0) is 11.4. The minimum absolute atomic E-state index is 0.121. The number of Topliss-reactive ketones (excluding diaryl/α,β-unsaturated/α-hetero) is 1. The third-order valence-electron chi connectivity index (χ3n) is 4.26. The van der Waals surface area contributed by atoms with Gasteiger partial charge in [-0.2, -0.15) is 0 Å². The Hall–Kier alpha value is -0.410. The second kappa shape index (κ2) is 5.28. The molecule has 0 spiro atoms. The highest BCUT2D eigenvalue weighted by molar-refractivity contribution is 5.87. The summed E-state index contributed by atoms with van der Waals surface area (Å²) in [5.41, 5.74) is 5.68. The molecule has 0 amide bonds. The van der Waals surface area contributed by atoms with Gasteiger partial charge in [-0.1, -0.05) is 19.3 Å². The van der Waals surface area contributed by atoms with Crippen LogP contribution in [0, 0.1) is 11.3 Å². The van der Waals surface area contributed by atoms with E-state index in [-0.39, 0.29) is 11.3 Å². The second-order valence-electron chi connectivity index (χ2n) is 5.32. The first-order valence-corrected chi connectivity index (χ1v) is 6.61. The summed E-state index contributed by atoms with van der Waals surface area (Å²) in [6.45, 7) is 1.97. The predicted octanol–water partition coefficient (Wildman–Crippen LogP) is 1.89. The molecule has 0 radical (unpaired) electrons. The lowest BCUT2D eigenvalue weighted by molar-refractivity contribution is -0.138. The molecule has 1 aliphatic heterocycles. The zero-order valence-electron chi connectivity index (χ0n) is 10.0. The van der Waals surface area contributed by atoms with Gasteiger partial charge in [-0.15, -0.1) is 0 Å². The average Bonchev–Trinajstić information content (AvgIpc) is 2.39. The van der Waals surface area contributed by atoms with Crippen LogP contribution in [0.2, 0.25) is 0 Å². The Balaban J connectivity index is 2.04. The molecule has 16 heavy (non-hydrogen) atoms. The van der Waals surface area contributed by atoms with Crippen LogP contribution in [-0.2, 0) is 9.53 Å². The molecule has 1 atom stereocenters. The van der Waals surface area contributed by atoms with Gasteiger partial charge in [0, 0.05) is 24.5 Å². The van der Waals surface area contributed by atoms with Gasteiger partial charge in [0.2, 0.25) is 0 Å². The Bertz CT molecular complexity index is 240. The monoisotopic (exact) mass is 225 g/mol. The molecule has 2 N–H and O–H groups in total. The van der Waals surface area contributed by atoms with Crippen molar-refractivity contribution in [3.05, 3.63) is 0 Å². The lowest BCUT2D eigenvalue weighted by Crippen LogP contribution is -2.45. The Morgan fingerprint density at radius 3 is 2.56 bits per heavy atom. The SMILES string of the molecule is NCC1(C(=O)C2CCCOC2)CCCCC1. The number of carbonyl (C=O) groups is 1. The van der Waals surface area contributed by atoms with E-state index in [2.05, 4.69) is 0 Å². The minimum atomic E-state index is -0.205. The zero-order valence-corrected chi connectivity index (χ0v) is 10.0. The van der Waals surface area contributed by atoms with Gasteiger partial charge in [0.15, 0.2) is 0 Å². The van der Waals surface area contributed by atoms with Crippen LogP contribution in [0.3, 0.4) is 0 Å². The Morgan fingerprint density at radius 2 is 2.00 bits per heavy atom. The third kappa shape index (κ3) is 2.30. The van der Waals surface area contributed by atoms with Crippen molar-refractivity contribution in [1.29, 1.82) is 0 Å². The largest absolute Gasteiger partial charge is 0.381 e. The molecule has 1 saturated heterocycles. The number of ketones is 1. The lowest BCUT2D eigenvalue weighted by Gasteiger charge is -2.38. The summed E-state index contributed by atoms with van der Waals surface area (Å²) < 4.78 is 5.42. The molecule has 92 valence electrons. The molecule has 2 rings (SSSR count). The van der Waals surface area contributed by atoms with Gasteiger partial charge in [0.1, 0.15) is 5.78 Å². The molecule has 1 saturated carbocycles. The predicted molar refractivity (Wildman–Crippen MR) is 63.1 cm³/mol. The quantitative estimate of drug-likeness (QED) is 0.798. The number of nitrogens with two attached hydrogens (primary N) is 1. The molecule has 3 nitrogen and oxygen atoms in total. The van der Waals surface area contributed by atoms with Gasteiger partial charge in [0.25, 0.3) is 0 Å². The Labute approximate surface area is 97.7 Å². The maximum absolute atomic E-state index is 12.5. The van der Waals surface area contributed by atoms with Crippen molar-refractivity contribution < 1.29 is 9.53 Å². The van der Waals surface area contributed by atoms with E-state index in [1.54, 1.807) is 0 Å². The summed E-state index contributed by atoms with van der Waals surface area (Å²) in [5, 5.41) is 0. The van der Waals surface area contributed by atoms with Crippen LogP contribution in [0.15, 0.2) is 0 Å². The van der Waals surface area contributed by atoms with Crippen molar-refractivity contribution in [2.75, 3.05) is 19.8 Å². The molecule has 2 aliphatic rings. The van der Waals surface area contributed by atoms with Gasteiger partial charge in [-0.05, 0) is 25.7 Å². The van der Waals surface area contributed by atoms with Crippen molar-refractivity contribution in [2.45, 2.75) is 44.9 Å². The summed E-state index contributed by atoms with van der Waals surface area (Å²) in [7, 11) is 0. The minimum Gasteiger partial charge on any atom is -0.381 e. The fraction of sp³-hybridized carbons (Fsp3) is 0.923. The van der Waals surface area contributed by atoms with E-state index in [0.29, 0.717) is 18.9 Å². The van der Waals surface area contributed by atoms with Gasteiger partial charge in [-0.3, -0.25) is 4.79 Å². The number of carbonyl (C=O) groups excluding carboxylic acids is 1. The molecule has 2 fully saturated rings. The first-order chi connectivity index (χ1) is 7.78. The van der Waals surface area contributed by atoms with Crippen molar-refractivity contribution in [3.8, 4) is 0 Å². The van der Waals surface area contributed by atoms with E-state index in [4.69, 9.17) is 10.5 Å². The van der Waals surface area contributed by atoms with Crippen LogP contribution in [-0.4, -0.2) is 25.5 Å². The van der Waals surface area contributed by atoms with Gasteiger partial charge < -0.3 is 10.5 Å². The molecular weight excluding hydrogens is 202 g/mol. The van der Waals surface area contributed by atoms with Gasteiger partial charge in [-0.25, -0.2) is 0 Å². The topological polar surface area (TPSA) is 52.3 Å². The fourth-order valence-corrected chi connectivity index (χ4v) is 3.16. The summed E-state index contributed by atoms with van der Waals surface area (Å²) in [5.74, 6) is 0.518. The van der Waals surface area contributed by atoms with E-state index < -0.39 is 0 Å². The number of rotatable bonds is 3. The van der Waals surface area contributed by atoms with E-state index in [9.17, 15) is 4.79 Å². The van der Waals surface area contributed by atoms with Crippen molar-refractivity contribution in [1.82, 2.24) is 0 Å². The Kier molecular flexibility index (Phi) is 3.98. The van der Waals surface area contributed by atoms with Crippen molar-refractivity contribution >= 4 is 5.78 Å². The van der Waals surface area contributed by atoms with Crippen LogP contribution >= 0.6 is 0 Å². The van der Waals surface area contributed by atoms with Gasteiger partial charge in [0.05, 0.1) is 6.61 Å². The van der Waals surface area contributed by atoms with Crippen molar-refractivity contribution in [2.24, 2.45) is 17.1 Å². The highest BCUT2D eigenvalue weighted by Gasteiger charge is 2.41. The van der Waals surface area contributed by atoms with Crippen LogP contribution < -0.4 is 5.73 Å². The first-order valence-electron chi connectivity index (χ1n) is 6.61. The summed E-state index contributed by atoms with van der Waals surface area (Å²) in [4.78, 5) is 12.5. The van der Waals surface area contributed by atoms with E-state index in [1.165, 1.54) is 6.42 Å².